The van der Waals surface area contributed by atoms with Gasteiger partial charge in [-0.1, -0.05) is 0 Å². The maximum absolute atomic E-state index is 12.4. The summed E-state index contributed by atoms with van der Waals surface area (Å²) in [5.74, 6) is -0.0774. The summed E-state index contributed by atoms with van der Waals surface area (Å²) in [5, 5.41) is 0.702. The second-order valence-corrected chi connectivity index (χ2v) is 8.13. The highest BCUT2D eigenvalue weighted by Crippen LogP contribution is 2.34. The molecule has 0 spiro atoms. The van der Waals surface area contributed by atoms with Crippen molar-refractivity contribution in [2.75, 3.05) is 0 Å². The Kier molecular flexibility index (Phi) is 3.61. The number of thiophene rings is 1. The van der Waals surface area contributed by atoms with Gasteiger partial charge in [-0.2, -0.15) is 0 Å². The number of hydrogen-bond donors (Lipinski definition) is 1. The number of aromatic amines is 1. The van der Waals surface area contributed by atoms with Gasteiger partial charge in [0, 0.05) is 4.88 Å². The summed E-state index contributed by atoms with van der Waals surface area (Å²) < 4.78 is 6.27. The lowest BCUT2D eigenvalue weighted by Crippen LogP contribution is -2.14. The molecule has 1 aliphatic carbocycles. The predicted octanol–water partition coefficient (Wildman–Crippen LogP) is 3.44. The number of aromatic nitrogens is 3. The first-order chi connectivity index (χ1) is 12.7. The zero-order valence-electron chi connectivity index (χ0n) is 13.6. The van der Waals surface area contributed by atoms with E-state index < -0.39 is 5.97 Å². The van der Waals surface area contributed by atoms with E-state index in [4.69, 9.17) is 4.74 Å². The number of thiazole rings is 1. The van der Waals surface area contributed by atoms with Gasteiger partial charge in [0.05, 0.1) is 26.7 Å². The van der Waals surface area contributed by atoms with Crippen molar-refractivity contribution in [2.24, 2.45) is 0 Å². The minimum atomic E-state index is -0.447. The van der Waals surface area contributed by atoms with Crippen LogP contribution in [0.2, 0.25) is 0 Å². The van der Waals surface area contributed by atoms with Crippen LogP contribution >= 0.6 is 22.7 Å². The van der Waals surface area contributed by atoms with Crippen molar-refractivity contribution in [3.05, 3.63) is 55.9 Å². The first-order valence-corrected chi connectivity index (χ1v) is 9.92. The van der Waals surface area contributed by atoms with E-state index in [0.717, 1.165) is 39.9 Å². The normalized spacial score (nSPS) is 13.4. The summed E-state index contributed by atoms with van der Waals surface area (Å²) in [7, 11) is 0. The van der Waals surface area contributed by atoms with Gasteiger partial charge in [-0.15, -0.1) is 22.7 Å². The third kappa shape index (κ3) is 2.53. The van der Waals surface area contributed by atoms with Gasteiger partial charge >= 0.3 is 5.97 Å². The molecule has 0 saturated carbocycles. The molecule has 8 heteroatoms. The predicted molar refractivity (Wildman–Crippen MR) is 101 cm³/mol. The summed E-state index contributed by atoms with van der Waals surface area (Å²) in [6, 6.07) is 5.24. The van der Waals surface area contributed by atoms with Gasteiger partial charge in [-0.25, -0.2) is 14.8 Å². The quantitative estimate of drug-likeness (QED) is 0.548. The van der Waals surface area contributed by atoms with Gasteiger partial charge in [0.25, 0.3) is 5.56 Å². The van der Waals surface area contributed by atoms with Crippen LogP contribution in [0.25, 0.3) is 20.4 Å². The van der Waals surface area contributed by atoms with Crippen LogP contribution in [-0.2, 0) is 24.2 Å². The van der Waals surface area contributed by atoms with Crippen molar-refractivity contribution in [3.8, 4) is 0 Å². The minimum Gasteiger partial charge on any atom is -0.454 e. The summed E-state index contributed by atoms with van der Waals surface area (Å²) in [6.07, 6.45) is 3.05. The monoisotopic (exact) mass is 383 g/mol. The van der Waals surface area contributed by atoms with Crippen LogP contribution in [0, 0.1) is 0 Å². The van der Waals surface area contributed by atoms with Crippen molar-refractivity contribution in [1.29, 1.82) is 0 Å². The standard InChI is InChI=1S/C18H13N3O3S2/c22-16-15-10-2-1-3-12(10)26-17(15)21-14(20-16)7-24-18(23)9-4-5-11-13(6-9)25-8-19-11/h4-6,8H,1-3,7H2,(H,20,21,22). The van der Waals surface area contributed by atoms with Crippen LogP contribution in [0.15, 0.2) is 28.5 Å². The second-order valence-electron chi connectivity index (χ2n) is 6.16. The molecule has 1 N–H and O–H groups in total. The second kappa shape index (κ2) is 6.00. The molecule has 0 atom stereocenters. The molecule has 0 fully saturated rings. The molecule has 0 amide bonds. The highest BCUT2D eigenvalue weighted by atomic mass is 32.1. The number of esters is 1. The number of nitrogens with one attached hydrogen (secondary N) is 1. The fourth-order valence-corrected chi connectivity index (χ4v) is 5.31. The zero-order valence-corrected chi connectivity index (χ0v) is 15.2. The Morgan fingerprint density at radius 2 is 2.23 bits per heavy atom. The Bertz CT molecular complexity index is 1220. The van der Waals surface area contributed by atoms with E-state index in [-0.39, 0.29) is 12.2 Å². The van der Waals surface area contributed by atoms with Crippen molar-refractivity contribution in [2.45, 2.75) is 25.9 Å². The molecule has 0 aliphatic heterocycles. The van der Waals surface area contributed by atoms with E-state index in [1.807, 2.05) is 0 Å². The van der Waals surface area contributed by atoms with E-state index in [1.54, 1.807) is 35.0 Å². The summed E-state index contributed by atoms with van der Waals surface area (Å²) in [6.45, 7) is -0.0622. The molecule has 26 heavy (non-hydrogen) atoms. The van der Waals surface area contributed by atoms with Gasteiger partial charge in [-0.05, 0) is 43.0 Å². The molecule has 6 nitrogen and oxygen atoms in total. The molecule has 0 saturated heterocycles. The SMILES string of the molecule is O=C(OCc1nc2sc3c(c2c(=O)[nH]1)CCC3)c1ccc2ncsc2c1. The van der Waals surface area contributed by atoms with E-state index in [9.17, 15) is 9.59 Å². The van der Waals surface area contributed by atoms with Crippen molar-refractivity contribution in [3.63, 3.8) is 0 Å². The Balaban J connectivity index is 1.39. The number of aryl methyl sites for hydroxylation is 2. The van der Waals surface area contributed by atoms with Crippen molar-refractivity contribution in [1.82, 2.24) is 15.0 Å². The fraction of sp³-hybridized carbons (Fsp3) is 0.222. The number of benzene rings is 1. The van der Waals surface area contributed by atoms with E-state index in [2.05, 4.69) is 15.0 Å². The average Bonchev–Trinajstić information content (AvgIpc) is 3.33. The minimum absolute atomic E-state index is 0.0622. The Morgan fingerprint density at radius 3 is 3.15 bits per heavy atom. The van der Waals surface area contributed by atoms with Crippen LogP contribution in [0.5, 0.6) is 0 Å². The highest BCUT2D eigenvalue weighted by Gasteiger charge is 2.21. The van der Waals surface area contributed by atoms with Gasteiger partial charge in [0.15, 0.2) is 0 Å². The molecule has 3 heterocycles. The topological polar surface area (TPSA) is 84.9 Å². The Labute approximate surface area is 155 Å². The van der Waals surface area contributed by atoms with Crippen LogP contribution in [0.3, 0.4) is 0 Å². The maximum atomic E-state index is 12.4. The number of H-pyrrole nitrogens is 1. The van der Waals surface area contributed by atoms with E-state index >= 15 is 0 Å². The molecular weight excluding hydrogens is 370 g/mol. The Hall–Kier alpha value is -2.58. The van der Waals surface area contributed by atoms with E-state index in [1.165, 1.54) is 16.2 Å². The number of carbonyl (C=O) groups excluding carboxylic acids is 1. The molecule has 3 aromatic heterocycles. The molecule has 1 aromatic carbocycles. The highest BCUT2D eigenvalue weighted by molar-refractivity contribution is 7.18. The lowest BCUT2D eigenvalue weighted by molar-refractivity contribution is 0.0462. The third-order valence-corrected chi connectivity index (χ3v) is 6.51. The van der Waals surface area contributed by atoms with Gasteiger partial charge in [-0.3, -0.25) is 4.79 Å². The molecular formula is C18H13N3O3S2. The molecule has 130 valence electrons. The lowest BCUT2D eigenvalue weighted by atomic mass is 10.2. The van der Waals surface area contributed by atoms with Gasteiger partial charge in [0.1, 0.15) is 17.3 Å². The summed E-state index contributed by atoms with van der Waals surface area (Å²) >= 11 is 3.04. The summed E-state index contributed by atoms with van der Waals surface area (Å²) in [4.78, 5) is 38.1. The first kappa shape index (κ1) is 15.7. The fourth-order valence-electron chi connectivity index (χ4n) is 3.31. The van der Waals surface area contributed by atoms with Crippen LogP contribution in [0.1, 0.15) is 33.0 Å². The molecule has 0 radical (unpaired) electrons. The molecule has 4 aromatic rings. The number of carbonyl (C=O) groups is 1. The smallest absolute Gasteiger partial charge is 0.338 e. The first-order valence-electron chi connectivity index (χ1n) is 8.23. The molecule has 0 unspecified atom stereocenters. The maximum Gasteiger partial charge on any atom is 0.338 e. The average molecular weight is 383 g/mol. The van der Waals surface area contributed by atoms with Gasteiger partial charge < -0.3 is 9.72 Å². The lowest BCUT2D eigenvalue weighted by Gasteiger charge is -2.05. The van der Waals surface area contributed by atoms with Gasteiger partial charge in [0.2, 0.25) is 0 Å². The van der Waals surface area contributed by atoms with Crippen molar-refractivity contribution >= 4 is 49.1 Å². The number of fused-ring (bicyclic) bond motifs is 4. The van der Waals surface area contributed by atoms with Crippen LogP contribution < -0.4 is 5.56 Å². The third-order valence-electron chi connectivity index (χ3n) is 4.53. The summed E-state index contributed by atoms with van der Waals surface area (Å²) in [5.41, 5.74) is 4.04. The number of ether oxygens (including phenoxy) is 1. The molecule has 1 aliphatic rings. The molecule has 5 rings (SSSR count). The van der Waals surface area contributed by atoms with Crippen LogP contribution in [-0.4, -0.2) is 20.9 Å². The van der Waals surface area contributed by atoms with E-state index in [0.29, 0.717) is 16.8 Å². The number of nitrogens with zero attached hydrogens (tertiary/aromatic N) is 2. The number of hydrogen-bond acceptors (Lipinski definition) is 7. The Morgan fingerprint density at radius 1 is 1.31 bits per heavy atom. The zero-order chi connectivity index (χ0) is 17.7. The largest absolute Gasteiger partial charge is 0.454 e. The van der Waals surface area contributed by atoms with Crippen molar-refractivity contribution < 1.29 is 9.53 Å². The van der Waals surface area contributed by atoms with Crippen LogP contribution in [0.4, 0.5) is 0 Å². The number of rotatable bonds is 3. The molecule has 0 bridgehead atoms.